The van der Waals surface area contributed by atoms with Gasteiger partial charge in [0.25, 0.3) is 5.56 Å². The molecule has 0 aromatic carbocycles. The first-order valence-corrected chi connectivity index (χ1v) is 5.22. The molecule has 2 heterocycles. The largest absolute Gasteiger partial charge is 0.378 e. The summed E-state index contributed by atoms with van der Waals surface area (Å²) < 4.78 is 6.67. The molecular formula is C11H15N3O2. The van der Waals surface area contributed by atoms with Gasteiger partial charge in [-0.15, -0.1) is 6.58 Å². The maximum atomic E-state index is 11.8. The second-order valence-corrected chi connectivity index (χ2v) is 3.71. The number of hydrogen-bond donors (Lipinski definition) is 0. The van der Waals surface area contributed by atoms with Gasteiger partial charge >= 0.3 is 0 Å². The molecule has 0 unspecified atom stereocenters. The van der Waals surface area contributed by atoms with E-state index in [1.165, 1.54) is 6.07 Å². The summed E-state index contributed by atoms with van der Waals surface area (Å²) in [6.45, 7) is 6.28. The number of nitrogens with zero attached hydrogens (tertiary/aromatic N) is 3. The molecule has 2 rings (SSSR count). The van der Waals surface area contributed by atoms with E-state index in [9.17, 15) is 4.79 Å². The number of anilines is 1. The third kappa shape index (κ3) is 1.86. The molecule has 16 heavy (non-hydrogen) atoms. The van der Waals surface area contributed by atoms with Crippen LogP contribution in [0.15, 0.2) is 23.5 Å². The minimum absolute atomic E-state index is 0.0105. The van der Waals surface area contributed by atoms with Crippen LogP contribution in [0.25, 0.3) is 0 Å². The molecule has 1 aromatic heterocycles. The molecule has 1 aliphatic heterocycles. The van der Waals surface area contributed by atoms with Crippen LogP contribution in [0.3, 0.4) is 0 Å². The van der Waals surface area contributed by atoms with Crippen molar-refractivity contribution in [2.45, 2.75) is 13.2 Å². The normalized spacial score (nSPS) is 13.9. The fourth-order valence-electron chi connectivity index (χ4n) is 1.86. The Morgan fingerprint density at radius 2 is 2.44 bits per heavy atom. The van der Waals surface area contributed by atoms with Gasteiger partial charge in [-0.25, -0.2) is 4.98 Å². The van der Waals surface area contributed by atoms with Crippen LogP contribution >= 0.6 is 0 Å². The second kappa shape index (κ2) is 4.49. The molecule has 86 valence electrons. The van der Waals surface area contributed by atoms with E-state index in [4.69, 9.17) is 4.74 Å². The van der Waals surface area contributed by atoms with Crippen LogP contribution in [-0.2, 0) is 17.9 Å². The zero-order valence-corrected chi connectivity index (χ0v) is 9.35. The zero-order chi connectivity index (χ0) is 11.5. The lowest BCUT2D eigenvalue weighted by Gasteiger charge is -2.14. The Morgan fingerprint density at radius 3 is 3.12 bits per heavy atom. The lowest BCUT2D eigenvalue weighted by Crippen LogP contribution is -2.23. The van der Waals surface area contributed by atoms with Crippen molar-refractivity contribution in [3.8, 4) is 0 Å². The van der Waals surface area contributed by atoms with Crippen molar-refractivity contribution in [1.82, 2.24) is 9.55 Å². The van der Waals surface area contributed by atoms with Crippen LogP contribution in [0.2, 0.25) is 0 Å². The first-order valence-electron chi connectivity index (χ1n) is 5.22. The monoisotopic (exact) mass is 221 g/mol. The number of fused-ring (bicyclic) bond motifs is 1. The summed E-state index contributed by atoms with van der Waals surface area (Å²) in [5.74, 6) is 0.722. The Kier molecular flexibility index (Phi) is 3.05. The molecule has 0 bridgehead atoms. The fourth-order valence-corrected chi connectivity index (χ4v) is 1.86. The molecule has 0 spiro atoms. The molecule has 0 saturated carbocycles. The Hall–Kier alpha value is -1.62. The Morgan fingerprint density at radius 1 is 1.62 bits per heavy atom. The standard InChI is InChI=1S/C11H15N3O2/c1-3-4-13-5-6-14-10(15)7-9(8-16-2)12-11(13)14/h3,7H,1,4-6,8H2,2H3. The number of hydrogen-bond acceptors (Lipinski definition) is 4. The average molecular weight is 221 g/mol. The van der Waals surface area contributed by atoms with Gasteiger partial charge in [-0.2, -0.15) is 0 Å². The first kappa shape index (κ1) is 10.9. The molecule has 0 atom stereocenters. The van der Waals surface area contributed by atoms with Crippen molar-refractivity contribution < 1.29 is 4.74 Å². The van der Waals surface area contributed by atoms with Crippen molar-refractivity contribution >= 4 is 5.95 Å². The van der Waals surface area contributed by atoms with Crippen LogP contribution in [0.1, 0.15) is 5.69 Å². The quantitative estimate of drug-likeness (QED) is 0.690. The van der Waals surface area contributed by atoms with Gasteiger partial charge in [0.2, 0.25) is 5.95 Å². The van der Waals surface area contributed by atoms with Gasteiger partial charge in [0.1, 0.15) is 0 Å². The van der Waals surface area contributed by atoms with E-state index in [0.29, 0.717) is 25.4 Å². The topological polar surface area (TPSA) is 47.4 Å². The van der Waals surface area contributed by atoms with E-state index in [0.717, 1.165) is 12.5 Å². The molecule has 5 heteroatoms. The highest BCUT2D eigenvalue weighted by Gasteiger charge is 2.20. The van der Waals surface area contributed by atoms with Crippen molar-refractivity contribution in [1.29, 1.82) is 0 Å². The van der Waals surface area contributed by atoms with Gasteiger partial charge in [-0.3, -0.25) is 9.36 Å². The van der Waals surface area contributed by atoms with Gasteiger partial charge in [-0.1, -0.05) is 6.08 Å². The highest BCUT2D eigenvalue weighted by Crippen LogP contribution is 2.16. The van der Waals surface area contributed by atoms with E-state index < -0.39 is 0 Å². The predicted octanol–water partition coefficient (Wildman–Crippen LogP) is 0.396. The number of aromatic nitrogens is 2. The average Bonchev–Trinajstić information content (AvgIpc) is 2.63. The van der Waals surface area contributed by atoms with E-state index in [1.807, 2.05) is 11.0 Å². The molecule has 0 fully saturated rings. The summed E-state index contributed by atoms with van der Waals surface area (Å²) in [5.41, 5.74) is 0.665. The maximum absolute atomic E-state index is 11.8. The van der Waals surface area contributed by atoms with Gasteiger partial charge in [0.15, 0.2) is 0 Å². The van der Waals surface area contributed by atoms with Crippen LogP contribution < -0.4 is 10.5 Å². The Bertz CT molecular complexity index is 453. The smallest absolute Gasteiger partial charge is 0.255 e. The molecule has 0 saturated heterocycles. The summed E-state index contributed by atoms with van der Waals surface area (Å²) in [5, 5.41) is 0. The Balaban J connectivity index is 2.39. The number of methoxy groups -OCH3 is 1. The second-order valence-electron chi connectivity index (χ2n) is 3.71. The van der Waals surface area contributed by atoms with Crippen LogP contribution in [-0.4, -0.2) is 29.8 Å². The molecular weight excluding hydrogens is 206 g/mol. The highest BCUT2D eigenvalue weighted by atomic mass is 16.5. The van der Waals surface area contributed by atoms with Gasteiger partial charge in [0, 0.05) is 32.8 Å². The number of rotatable bonds is 4. The van der Waals surface area contributed by atoms with Crippen molar-refractivity contribution in [3.05, 3.63) is 34.8 Å². The molecule has 5 nitrogen and oxygen atoms in total. The van der Waals surface area contributed by atoms with Crippen molar-refractivity contribution in [2.75, 3.05) is 25.1 Å². The molecule has 0 radical (unpaired) electrons. The van der Waals surface area contributed by atoms with Crippen LogP contribution in [0, 0.1) is 0 Å². The van der Waals surface area contributed by atoms with E-state index in [2.05, 4.69) is 11.6 Å². The summed E-state index contributed by atoms with van der Waals surface area (Å²) in [6.07, 6.45) is 1.81. The predicted molar refractivity (Wildman–Crippen MR) is 61.6 cm³/mol. The van der Waals surface area contributed by atoms with Crippen molar-refractivity contribution in [3.63, 3.8) is 0 Å². The summed E-state index contributed by atoms with van der Waals surface area (Å²) in [4.78, 5) is 18.2. The molecule has 1 aliphatic rings. The molecule has 0 N–H and O–H groups in total. The third-order valence-corrected chi connectivity index (χ3v) is 2.56. The highest BCUT2D eigenvalue weighted by molar-refractivity contribution is 5.36. The van der Waals surface area contributed by atoms with E-state index in [1.54, 1.807) is 11.7 Å². The van der Waals surface area contributed by atoms with Gasteiger partial charge < -0.3 is 9.64 Å². The lowest BCUT2D eigenvalue weighted by molar-refractivity contribution is 0.181. The van der Waals surface area contributed by atoms with Gasteiger partial charge in [0.05, 0.1) is 12.3 Å². The SMILES string of the molecule is C=CCN1CCn2c1nc(COC)cc2=O. The minimum atomic E-state index is -0.0105. The van der Waals surface area contributed by atoms with Crippen LogP contribution in [0.5, 0.6) is 0 Å². The van der Waals surface area contributed by atoms with Crippen LogP contribution in [0.4, 0.5) is 5.95 Å². The van der Waals surface area contributed by atoms with Gasteiger partial charge in [-0.05, 0) is 0 Å². The van der Waals surface area contributed by atoms with E-state index >= 15 is 0 Å². The summed E-state index contributed by atoms with van der Waals surface area (Å²) in [7, 11) is 1.59. The zero-order valence-electron chi connectivity index (χ0n) is 9.35. The summed E-state index contributed by atoms with van der Waals surface area (Å²) >= 11 is 0. The summed E-state index contributed by atoms with van der Waals surface area (Å²) in [6, 6.07) is 1.53. The third-order valence-electron chi connectivity index (χ3n) is 2.56. The molecule has 0 amide bonds. The minimum Gasteiger partial charge on any atom is -0.378 e. The van der Waals surface area contributed by atoms with Crippen molar-refractivity contribution in [2.24, 2.45) is 0 Å². The fraction of sp³-hybridized carbons (Fsp3) is 0.455. The first-order chi connectivity index (χ1) is 7.76. The van der Waals surface area contributed by atoms with E-state index in [-0.39, 0.29) is 5.56 Å². The molecule has 0 aliphatic carbocycles. The Labute approximate surface area is 94.0 Å². The maximum Gasteiger partial charge on any atom is 0.255 e. The lowest BCUT2D eigenvalue weighted by atomic mass is 10.4. The molecule has 1 aromatic rings. The number of ether oxygens (including phenoxy) is 1.